The third-order valence-electron chi connectivity index (χ3n) is 2.24. The second kappa shape index (κ2) is 3.61. The molecule has 1 N–H and O–H groups in total. The van der Waals surface area contributed by atoms with Gasteiger partial charge in [0.25, 0.3) is 0 Å². The quantitative estimate of drug-likeness (QED) is 0.745. The van der Waals surface area contributed by atoms with Crippen molar-refractivity contribution in [3.8, 4) is 5.75 Å². The molecule has 0 unspecified atom stereocenters. The molecule has 1 heterocycles. The van der Waals surface area contributed by atoms with Crippen LogP contribution in [-0.4, -0.2) is 22.9 Å². The maximum atomic E-state index is 11.4. The SMILES string of the molecule is COc1ccc2c(c1)[nH]c(=O)n2CC=O. The summed E-state index contributed by atoms with van der Waals surface area (Å²) in [5.41, 5.74) is 1.08. The number of hydrogen-bond acceptors (Lipinski definition) is 3. The summed E-state index contributed by atoms with van der Waals surface area (Å²) in [5, 5.41) is 0. The summed E-state index contributed by atoms with van der Waals surface area (Å²) in [7, 11) is 1.56. The first-order chi connectivity index (χ1) is 7.26. The average molecular weight is 206 g/mol. The number of aldehydes is 1. The van der Waals surface area contributed by atoms with Crippen LogP contribution in [0, 0.1) is 0 Å². The van der Waals surface area contributed by atoms with Crippen molar-refractivity contribution in [2.75, 3.05) is 7.11 Å². The van der Waals surface area contributed by atoms with Gasteiger partial charge in [-0.05, 0) is 12.1 Å². The number of aromatic nitrogens is 2. The summed E-state index contributed by atoms with van der Waals surface area (Å²) in [6.45, 7) is 0.0607. The standard InChI is InChI=1S/C10H10N2O3/c1-15-7-2-3-9-8(6-7)11-10(14)12(9)4-5-13/h2-3,5-6H,4H2,1H3,(H,11,14). The molecule has 78 valence electrons. The van der Waals surface area contributed by atoms with Crippen LogP contribution in [0.3, 0.4) is 0 Å². The van der Waals surface area contributed by atoms with Crippen LogP contribution >= 0.6 is 0 Å². The molecule has 0 atom stereocenters. The molecule has 15 heavy (non-hydrogen) atoms. The number of H-pyrrole nitrogens is 1. The van der Waals surface area contributed by atoms with Crippen molar-refractivity contribution in [2.45, 2.75) is 6.54 Å². The number of methoxy groups -OCH3 is 1. The van der Waals surface area contributed by atoms with Gasteiger partial charge < -0.3 is 14.5 Å². The number of carbonyl (C=O) groups is 1. The Morgan fingerprint density at radius 3 is 3.00 bits per heavy atom. The Balaban J connectivity index is 2.68. The molecule has 0 spiro atoms. The van der Waals surface area contributed by atoms with E-state index in [1.807, 2.05) is 0 Å². The van der Waals surface area contributed by atoms with E-state index in [0.717, 1.165) is 0 Å². The summed E-state index contributed by atoms with van der Waals surface area (Å²) >= 11 is 0. The molecule has 2 rings (SSSR count). The number of ether oxygens (including phenoxy) is 1. The van der Waals surface area contributed by atoms with E-state index in [2.05, 4.69) is 4.98 Å². The Morgan fingerprint density at radius 2 is 2.33 bits per heavy atom. The summed E-state index contributed by atoms with van der Waals surface area (Å²) in [4.78, 5) is 24.5. The van der Waals surface area contributed by atoms with Crippen LogP contribution in [0.5, 0.6) is 5.75 Å². The van der Waals surface area contributed by atoms with Gasteiger partial charge in [-0.25, -0.2) is 4.79 Å². The van der Waals surface area contributed by atoms with E-state index in [4.69, 9.17) is 4.74 Å². The lowest BCUT2D eigenvalue weighted by Crippen LogP contribution is -2.17. The Labute approximate surface area is 85.3 Å². The fourth-order valence-electron chi connectivity index (χ4n) is 1.53. The van der Waals surface area contributed by atoms with Crippen molar-refractivity contribution >= 4 is 17.3 Å². The third-order valence-corrected chi connectivity index (χ3v) is 2.24. The van der Waals surface area contributed by atoms with Gasteiger partial charge in [-0.1, -0.05) is 0 Å². The molecule has 5 heteroatoms. The number of nitrogens with zero attached hydrogens (tertiary/aromatic N) is 1. The van der Waals surface area contributed by atoms with E-state index in [-0.39, 0.29) is 12.2 Å². The summed E-state index contributed by atoms with van der Waals surface area (Å²) < 4.78 is 6.41. The van der Waals surface area contributed by atoms with E-state index in [9.17, 15) is 9.59 Å². The van der Waals surface area contributed by atoms with Gasteiger partial charge in [-0.3, -0.25) is 4.57 Å². The molecule has 0 amide bonds. The lowest BCUT2D eigenvalue weighted by atomic mass is 10.3. The minimum atomic E-state index is -0.287. The normalized spacial score (nSPS) is 10.5. The van der Waals surface area contributed by atoms with Crippen molar-refractivity contribution < 1.29 is 9.53 Å². The monoisotopic (exact) mass is 206 g/mol. The summed E-state index contributed by atoms with van der Waals surface area (Å²) in [5.74, 6) is 0.669. The van der Waals surface area contributed by atoms with E-state index in [1.54, 1.807) is 25.3 Å². The van der Waals surface area contributed by atoms with Gasteiger partial charge in [-0.15, -0.1) is 0 Å². The van der Waals surface area contributed by atoms with Gasteiger partial charge in [0.05, 0.1) is 24.7 Å². The molecule has 0 saturated carbocycles. The van der Waals surface area contributed by atoms with Gasteiger partial charge in [0, 0.05) is 6.07 Å². The average Bonchev–Trinajstić information content (AvgIpc) is 2.55. The van der Waals surface area contributed by atoms with Crippen LogP contribution in [0.25, 0.3) is 11.0 Å². The van der Waals surface area contributed by atoms with Crippen LogP contribution in [0.2, 0.25) is 0 Å². The molecule has 0 aliphatic carbocycles. The highest BCUT2D eigenvalue weighted by Gasteiger charge is 2.06. The first-order valence-electron chi connectivity index (χ1n) is 4.46. The Hall–Kier alpha value is -2.04. The van der Waals surface area contributed by atoms with E-state index in [0.29, 0.717) is 23.1 Å². The molecule has 1 aromatic carbocycles. The van der Waals surface area contributed by atoms with Gasteiger partial charge in [0.2, 0.25) is 0 Å². The lowest BCUT2D eigenvalue weighted by molar-refractivity contribution is -0.108. The van der Waals surface area contributed by atoms with E-state index >= 15 is 0 Å². The highest BCUT2D eigenvalue weighted by atomic mass is 16.5. The summed E-state index contributed by atoms with van der Waals surface area (Å²) in [6, 6.07) is 5.21. The zero-order chi connectivity index (χ0) is 10.8. The van der Waals surface area contributed by atoms with Crippen molar-refractivity contribution in [2.24, 2.45) is 0 Å². The fourth-order valence-corrected chi connectivity index (χ4v) is 1.53. The Morgan fingerprint density at radius 1 is 1.53 bits per heavy atom. The number of rotatable bonds is 3. The second-order valence-corrected chi connectivity index (χ2v) is 3.09. The number of hydrogen-bond donors (Lipinski definition) is 1. The topological polar surface area (TPSA) is 64.1 Å². The highest BCUT2D eigenvalue weighted by molar-refractivity contribution is 5.77. The van der Waals surface area contributed by atoms with Crippen molar-refractivity contribution in [3.63, 3.8) is 0 Å². The molecule has 0 bridgehead atoms. The second-order valence-electron chi connectivity index (χ2n) is 3.09. The zero-order valence-electron chi connectivity index (χ0n) is 8.19. The van der Waals surface area contributed by atoms with E-state index < -0.39 is 0 Å². The minimum absolute atomic E-state index is 0.0607. The maximum Gasteiger partial charge on any atom is 0.326 e. The number of imidazole rings is 1. The number of carbonyl (C=O) groups excluding carboxylic acids is 1. The van der Waals surface area contributed by atoms with Crippen LogP contribution in [0.15, 0.2) is 23.0 Å². The van der Waals surface area contributed by atoms with Gasteiger partial charge in [0.15, 0.2) is 0 Å². The van der Waals surface area contributed by atoms with Crippen molar-refractivity contribution in [1.29, 1.82) is 0 Å². The molecule has 5 nitrogen and oxygen atoms in total. The fraction of sp³-hybridized carbons (Fsp3) is 0.200. The molecule has 0 saturated heterocycles. The number of benzene rings is 1. The van der Waals surface area contributed by atoms with Crippen LogP contribution < -0.4 is 10.4 Å². The number of nitrogens with one attached hydrogen (secondary N) is 1. The predicted molar refractivity (Wildman–Crippen MR) is 55.2 cm³/mol. The Bertz CT molecular complexity index is 553. The molecule has 0 radical (unpaired) electrons. The molecule has 0 aliphatic rings. The van der Waals surface area contributed by atoms with Crippen LogP contribution in [0.1, 0.15) is 0 Å². The van der Waals surface area contributed by atoms with E-state index in [1.165, 1.54) is 4.57 Å². The molecule has 0 aliphatic heterocycles. The minimum Gasteiger partial charge on any atom is -0.497 e. The molecule has 1 aromatic heterocycles. The smallest absolute Gasteiger partial charge is 0.326 e. The molecular weight excluding hydrogens is 196 g/mol. The predicted octanol–water partition coefficient (Wildman–Crippen LogP) is 0.537. The molecule has 2 aromatic rings. The largest absolute Gasteiger partial charge is 0.497 e. The zero-order valence-corrected chi connectivity index (χ0v) is 8.19. The van der Waals surface area contributed by atoms with Gasteiger partial charge in [0.1, 0.15) is 12.0 Å². The van der Waals surface area contributed by atoms with Crippen LogP contribution in [0.4, 0.5) is 0 Å². The van der Waals surface area contributed by atoms with Gasteiger partial charge >= 0.3 is 5.69 Å². The first-order valence-corrected chi connectivity index (χ1v) is 4.46. The maximum absolute atomic E-state index is 11.4. The molecule has 0 fully saturated rings. The summed E-state index contributed by atoms with van der Waals surface area (Å²) in [6.07, 6.45) is 0.693. The van der Waals surface area contributed by atoms with Crippen LogP contribution in [-0.2, 0) is 11.3 Å². The van der Waals surface area contributed by atoms with Crippen molar-refractivity contribution in [1.82, 2.24) is 9.55 Å². The lowest BCUT2D eigenvalue weighted by Gasteiger charge is -2.00. The number of fused-ring (bicyclic) bond motifs is 1. The van der Waals surface area contributed by atoms with Gasteiger partial charge in [-0.2, -0.15) is 0 Å². The highest BCUT2D eigenvalue weighted by Crippen LogP contribution is 2.17. The third kappa shape index (κ3) is 1.52. The van der Waals surface area contributed by atoms with Crippen molar-refractivity contribution in [3.05, 3.63) is 28.7 Å². The molecular formula is C10H10N2O3. The number of aromatic amines is 1. The first kappa shape index (κ1) is 9.51. The Kier molecular flexibility index (Phi) is 2.29.